The van der Waals surface area contributed by atoms with Crippen LogP contribution in [0.4, 0.5) is 5.82 Å². The van der Waals surface area contributed by atoms with Crippen LogP contribution in [0.2, 0.25) is 0 Å². The van der Waals surface area contributed by atoms with Gasteiger partial charge in [0.25, 0.3) is 0 Å². The number of hydrogen-bond donors (Lipinski definition) is 1. The minimum Gasteiger partial charge on any atom is -0.364 e. The van der Waals surface area contributed by atoms with Gasteiger partial charge in [-0.1, -0.05) is 12.1 Å². The second-order valence-corrected chi connectivity index (χ2v) is 5.54. The zero-order valence-corrected chi connectivity index (χ0v) is 12.0. The zero-order chi connectivity index (χ0) is 14.2. The third kappa shape index (κ3) is 2.24. The molecule has 1 aliphatic carbocycles. The van der Waals surface area contributed by atoms with Crippen molar-refractivity contribution in [3.05, 3.63) is 48.0 Å². The highest BCUT2D eigenvalue weighted by molar-refractivity contribution is 5.88. The molecule has 0 radical (unpaired) electrons. The molecule has 0 spiro atoms. The van der Waals surface area contributed by atoms with Crippen molar-refractivity contribution in [3.63, 3.8) is 0 Å². The predicted octanol–water partition coefficient (Wildman–Crippen LogP) is 2.85. The fourth-order valence-corrected chi connectivity index (χ4v) is 2.74. The monoisotopic (exact) mass is 279 g/mol. The number of anilines is 1. The number of benzene rings is 1. The quantitative estimate of drug-likeness (QED) is 0.798. The fourth-order valence-electron chi connectivity index (χ4n) is 2.74. The summed E-state index contributed by atoms with van der Waals surface area (Å²) >= 11 is 0. The van der Waals surface area contributed by atoms with Gasteiger partial charge < -0.3 is 5.32 Å². The van der Waals surface area contributed by atoms with Crippen molar-refractivity contribution in [1.29, 1.82) is 0 Å². The Morgan fingerprint density at radius 2 is 2.10 bits per heavy atom. The molecule has 1 saturated carbocycles. The first-order chi connectivity index (χ1) is 10.3. The number of rotatable bonds is 4. The summed E-state index contributed by atoms with van der Waals surface area (Å²) in [6, 6.07) is 8.05. The first kappa shape index (κ1) is 12.3. The van der Waals surface area contributed by atoms with E-state index in [9.17, 15) is 0 Å². The molecule has 0 amide bonds. The highest BCUT2D eigenvalue weighted by Crippen LogP contribution is 2.41. The highest BCUT2D eigenvalue weighted by Gasteiger charge is 2.28. The van der Waals surface area contributed by atoms with Gasteiger partial charge in [-0.05, 0) is 36.5 Å². The molecule has 0 saturated heterocycles. The van der Waals surface area contributed by atoms with Gasteiger partial charge in [0.05, 0.1) is 24.0 Å². The van der Waals surface area contributed by atoms with Gasteiger partial charge in [0, 0.05) is 12.4 Å². The van der Waals surface area contributed by atoms with Gasteiger partial charge in [-0.25, -0.2) is 9.97 Å². The molecule has 0 aliphatic heterocycles. The molecule has 1 fully saturated rings. The molecule has 4 rings (SSSR count). The van der Waals surface area contributed by atoms with E-state index in [4.69, 9.17) is 0 Å². The van der Waals surface area contributed by atoms with E-state index in [0.29, 0.717) is 5.92 Å². The lowest BCUT2D eigenvalue weighted by Gasteiger charge is -2.10. The Kier molecular flexibility index (Phi) is 2.84. The van der Waals surface area contributed by atoms with Crippen LogP contribution in [-0.4, -0.2) is 19.7 Å². The molecule has 5 heteroatoms. The molecule has 106 valence electrons. The summed E-state index contributed by atoms with van der Waals surface area (Å²) in [5.74, 6) is 1.58. The van der Waals surface area contributed by atoms with Gasteiger partial charge in [-0.15, -0.1) is 0 Å². The Hall–Kier alpha value is -2.43. The lowest BCUT2D eigenvalue weighted by molar-refractivity contribution is 0.716. The van der Waals surface area contributed by atoms with Crippen LogP contribution >= 0.6 is 0 Å². The van der Waals surface area contributed by atoms with Crippen molar-refractivity contribution in [3.8, 4) is 0 Å². The Bertz CT molecular complexity index is 783. The number of aromatic nitrogens is 4. The lowest BCUT2D eigenvalue weighted by Crippen LogP contribution is -2.08. The summed E-state index contributed by atoms with van der Waals surface area (Å²) in [7, 11) is 2.00. The van der Waals surface area contributed by atoms with Crippen LogP contribution in [0.25, 0.3) is 10.9 Å². The number of fused-ring (bicyclic) bond motifs is 1. The Morgan fingerprint density at radius 3 is 2.95 bits per heavy atom. The smallest absolute Gasteiger partial charge is 0.137 e. The van der Waals surface area contributed by atoms with Gasteiger partial charge in [0.2, 0.25) is 0 Å². The topological polar surface area (TPSA) is 55.6 Å². The van der Waals surface area contributed by atoms with Crippen molar-refractivity contribution in [2.24, 2.45) is 7.05 Å². The van der Waals surface area contributed by atoms with Crippen LogP contribution < -0.4 is 5.32 Å². The van der Waals surface area contributed by atoms with Crippen molar-refractivity contribution in [1.82, 2.24) is 19.7 Å². The van der Waals surface area contributed by atoms with E-state index in [1.165, 1.54) is 24.1 Å². The van der Waals surface area contributed by atoms with Gasteiger partial charge >= 0.3 is 0 Å². The third-order valence-corrected chi connectivity index (χ3v) is 4.08. The number of aryl methyl sites for hydroxylation is 1. The maximum atomic E-state index is 4.40. The average molecular weight is 279 g/mol. The second-order valence-electron chi connectivity index (χ2n) is 5.54. The molecule has 5 nitrogen and oxygen atoms in total. The minimum absolute atomic E-state index is 0.706. The van der Waals surface area contributed by atoms with Crippen molar-refractivity contribution in [2.45, 2.75) is 25.3 Å². The first-order valence-electron chi connectivity index (χ1n) is 7.27. The number of hydrogen-bond acceptors (Lipinski definition) is 4. The fraction of sp³-hybridized carbons (Fsp3) is 0.312. The summed E-state index contributed by atoms with van der Waals surface area (Å²) in [5, 5.41) is 8.89. The average Bonchev–Trinajstić information content (AvgIpc) is 3.29. The third-order valence-electron chi connectivity index (χ3n) is 4.08. The molecule has 1 aromatic carbocycles. The molecular formula is C16H17N5. The van der Waals surface area contributed by atoms with Gasteiger partial charge in [0.1, 0.15) is 12.1 Å². The number of nitrogens with one attached hydrogen (secondary N) is 1. The van der Waals surface area contributed by atoms with Crippen LogP contribution in [0.3, 0.4) is 0 Å². The normalized spacial score (nSPS) is 14.5. The summed E-state index contributed by atoms with van der Waals surface area (Å²) in [5.41, 5.74) is 3.59. The van der Waals surface area contributed by atoms with Crippen LogP contribution in [0.5, 0.6) is 0 Å². The summed E-state index contributed by atoms with van der Waals surface area (Å²) < 4.78 is 1.96. The molecule has 0 unspecified atom stereocenters. The molecule has 0 bridgehead atoms. The van der Waals surface area contributed by atoms with E-state index in [2.05, 4.69) is 20.4 Å². The van der Waals surface area contributed by atoms with Crippen LogP contribution in [0.15, 0.2) is 36.8 Å². The van der Waals surface area contributed by atoms with Gasteiger partial charge in [-0.2, -0.15) is 5.10 Å². The van der Waals surface area contributed by atoms with E-state index < -0.39 is 0 Å². The zero-order valence-electron chi connectivity index (χ0n) is 12.0. The van der Waals surface area contributed by atoms with E-state index in [-0.39, 0.29) is 0 Å². The van der Waals surface area contributed by atoms with Crippen LogP contribution in [0, 0.1) is 0 Å². The maximum absolute atomic E-state index is 4.40. The van der Waals surface area contributed by atoms with E-state index in [0.717, 1.165) is 23.3 Å². The van der Waals surface area contributed by atoms with Crippen LogP contribution in [0.1, 0.15) is 30.0 Å². The molecule has 2 aromatic heterocycles. The summed E-state index contributed by atoms with van der Waals surface area (Å²) in [6.07, 6.45) is 6.19. The van der Waals surface area contributed by atoms with Gasteiger partial charge in [0.15, 0.2) is 0 Å². The standard InChI is InChI=1S/C16H17N5/c1-21-15(13(8-20-21)11-6-7-11)9-17-16-12-4-2-3-5-14(12)18-10-19-16/h2-5,8,10-11H,6-7,9H2,1H3,(H,17,18,19). The second kappa shape index (κ2) is 4.84. The minimum atomic E-state index is 0.706. The summed E-state index contributed by atoms with van der Waals surface area (Å²) in [4.78, 5) is 8.67. The summed E-state index contributed by atoms with van der Waals surface area (Å²) in [6.45, 7) is 0.739. The number of para-hydroxylation sites is 1. The lowest BCUT2D eigenvalue weighted by atomic mass is 10.1. The molecule has 1 aliphatic rings. The van der Waals surface area contributed by atoms with Crippen molar-refractivity contribution < 1.29 is 0 Å². The van der Waals surface area contributed by atoms with Gasteiger partial charge in [-0.3, -0.25) is 4.68 Å². The molecule has 0 atom stereocenters. The molecule has 21 heavy (non-hydrogen) atoms. The molecular weight excluding hydrogens is 262 g/mol. The van der Waals surface area contributed by atoms with Crippen molar-refractivity contribution in [2.75, 3.05) is 5.32 Å². The highest BCUT2D eigenvalue weighted by atomic mass is 15.3. The van der Waals surface area contributed by atoms with E-state index in [1.807, 2.05) is 42.2 Å². The van der Waals surface area contributed by atoms with Crippen LogP contribution in [-0.2, 0) is 13.6 Å². The maximum Gasteiger partial charge on any atom is 0.137 e. The Balaban J connectivity index is 1.63. The largest absolute Gasteiger partial charge is 0.364 e. The molecule has 1 N–H and O–H groups in total. The Morgan fingerprint density at radius 1 is 1.24 bits per heavy atom. The molecule has 2 heterocycles. The predicted molar refractivity (Wildman–Crippen MR) is 82.0 cm³/mol. The van der Waals surface area contributed by atoms with E-state index >= 15 is 0 Å². The Labute approximate surface area is 123 Å². The number of nitrogens with zero attached hydrogens (tertiary/aromatic N) is 4. The van der Waals surface area contributed by atoms with Crippen molar-refractivity contribution >= 4 is 16.7 Å². The first-order valence-corrected chi connectivity index (χ1v) is 7.27. The SMILES string of the molecule is Cn1ncc(C2CC2)c1CNc1ncnc2ccccc12. The molecule has 3 aromatic rings. The van der Waals surface area contributed by atoms with E-state index in [1.54, 1.807) is 6.33 Å².